The second kappa shape index (κ2) is 4.78. The van der Waals surface area contributed by atoms with Gasteiger partial charge in [-0.25, -0.2) is 14.5 Å². The third-order valence-corrected chi connectivity index (χ3v) is 2.85. The zero-order valence-corrected chi connectivity index (χ0v) is 10.7. The molecule has 0 amide bonds. The lowest BCUT2D eigenvalue weighted by Crippen LogP contribution is -2.06. The molecule has 6 heteroatoms. The summed E-state index contributed by atoms with van der Waals surface area (Å²) >= 11 is 6.08. The summed E-state index contributed by atoms with van der Waals surface area (Å²) in [6, 6.07) is 5.34. The van der Waals surface area contributed by atoms with Gasteiger partial charge in [0.05, 0.1) is 10.7 Å². The van der Waals surface area contributed by atoms with Crippen LogP contribution in [0.25, 0.3) is 5.82 Å². The minimum Gasteiger partial charge on any atom is -0.476 e. The van der Waals surface area contributed by atoms with Gasteiger partial charge < -0.3 is 5.11 Å². The number of aromatic carboxylic acids is 1. The molecule has 18 heavy (non-hydrogen) atoms. The highest BCUT2D eigenvalue weighted by Gasteiger charge is 2.24. The zero-order valence-electron chi connectivity index (χ0n) is 9.96. The summed E-state index contributed by atoms with van der Waals surface area (Å²) in [4.78, 5) is 15.2. The minimum atomic E-state index is -1.14. The lowest BCUT2D eigenvalue weighted by atomic mass is 10.1. The SMILES string of the molecule is CC(C)c1c(Cl)c(C(=O)O)nn1-c1ccccn1. The monoisotopic (exact) mass is 265 g/mol. The number of carboxylic acid groups (broad SMARTS) is 1. The molecule has 0 aliphatic carbocycles. The van der Waals surface area contributed by atoms with Crippen molar-refractivity contribution in [3.63, 3.8) is 0 Å². The molecule has 0 unspecified atom stereocenters. The van der Waals surface area contributed by atoms with E-state index in [0.717, 1.165) is 0 Å². The van der Waals surface area contributed by atoms with Crippen LogP contribution in [-0.4, -0.2) is 25.8 Å². The normalized spacial score (nSPS) is 10.9. The predicted octanol–water partition coefficient (Wildman–Crippen LogP) is 2.74. The second-order valence-corrected chi connectivity index (χ2v) is 4.49. The Morgan fingerprint density at radius 3 is 2.67 bits per heavy atom. The Labute approximate surface area is 109 Å². The average molecular weight is 266 g/mol. The first-order valence-corrected chi connectivity index (χ1v) is 5.83. The Hall–Kier alpha value is -1.88. The fraction of sp³-hybridized carbons (Fsp3) is 0.250. The Bertz CT molecular complexity index is 579. The van der Waals surface area contributed by atoms with E-state index in [4.69, 9.17) is 16.7 Å². The van der Waals surface area contributed by atoms with Gasteiger partial charge in [0.25, 0.3) is 0 Å². The van der Waals surface area contributed by atoms with Crippen LogP contribution in [0.1, 0.15) is 35.9 Å². The van der Waals surface area contributed by atoms with E-state index in [1.807, 2.05) is 19.9 Å². The molecule has 0 aromatic carbocycles. The summed E-state index contributed by atoms with van der Waals surface area (Å²) in [6.07, 6.45) is 1.62. The number of carboxylic acids is 1. The topological polar surface area (TPSA) is 68.0 Å². The summed E-state index contributed by atoms with van der Waals surface area (Å²) in [7, 11) is 0. The molecule has 0 atom stereocenters. The third-order valence-electron chi connectivity index (χ3n) is 2.48. The zero-order chi connectivity index (χ0) is 13.3. The Morgan fingerprint density at radius 1 is 1.44 bits per heavy atom. The first-order valence-electron chi connectivity index (χ1n) is 5.45. The molecular weight excluding hydrogens is 254 g/mol. The number of aromatic nitrogens is 3. The van der Waals surface area contributed by atoms with Gasteiger partial charge in [-0.2, -0.15) is 5.10 Å². The lowest BCUT2D eigenvalue weighted by Gasteiger charge is -2.09. The molecule has 0 fully saturated rings. The van der Waals surface area contributed by atoms with Gasteiger partial charge in [-0.15, -0.1) is 0 Å². The van der Waals surface area contributed by atoms with E-state index >= 15 is 0 Å². The van der Waals surface area contributed by atoms with Crippen LogP contribution in [0.15, 0.2) is 24.4 Å². The predicted molar refractivity (Wildman–Crippen MR) is 67.4 cm³/mol. The van der Waals surface area contributed by atoms with Crippen molar-refractivity contribution in [3.05, 3.63) is 40.8 Å². The maximum Gasteiger partial charge on any atom is 0.358 e. The molecule has 0 spiro atoms. The summed E-state index contributed by atoms with van der Waals surface area (Å²) in [5, 5.41) is 13.2. The van der Waals surface area contributed by atoms with Crippen LogP contribution in [0.4, 0.5) is 0 Å². The van der Waals surface area contributed by atoms with Crippen LogP contribution in [0.5, 0.6) is 0 Å². The van der Waals surface area contributed by atoms with Gasteiger partial charge in [-0.1, -0.05) is 31.5 Å². The largest absolute Gasteiger partial charge is 0.476 e. The Morgan fingerprint density at radius 2 is 2.17 bits per heavy atom. The highest BCUT2D eigenvalue weighted by Crippen LogP contribution is 2.29. The number of hydrogen-bond acceptors (Lipinski definition) is 3. The maximum absolute atomic E-state index is 11.1. The average Bonchev–Trinajstić information content (AvgIpc) is 2.68. The van der Waals surface area contributed by atoms with Crippen molar-refractivity contribution in [1.29, 1.82) is 0 Å². The molecule has 0 radical (unpaired) electrons. The molecule has 5 nitrogen and oxygen atoms in total. The lowest BCUT2D eigenvalue weighted by molar-refractivity contribution is 0.0690. The molecule has 1 N–H and O–H groups in total. The van der Waals surface area contributed by atoms with Gasteiger partial charge in [-0.3, -0.25) is 0 Å². The fourth-order valence-electron chi connectivity index (χ4n) is 1.70. The van der Waals surface area contributed by atoms with Gasteiger partial charge in [0, 0.05) is 6.20 Å². The summed E-state index contributed by atoms with van der Waals surface area (Å²) < 4.78 is 1.48. The molecule has 0 aliphatic heterocycles. The number of halogens is 1. The Balaban J connectivity index is 2.67. The maximum atomic E-state index is 11.1. The van der Waals surface area contributed by atoms with Crippen LogP contribution >= 0.6 is 11.6 Å². The van der Waals surface area contributed by atoms with Crippen molar-refractivity contribution in [1.82, 2.24) is 14.8 Å². The van der Waals surface area contributed by atoms with Crippen LogP contribution in [-0.2, 0) is 0 Å². The summed E-state index contributed by atoms with van der Waals surface area (Å²) in [5.41, 5.74) is 0.499. The van der Waals surface area contributed by atoms with Gasteiger partial charge in [0.15, 0.2) is 11.5 Å². The van der Waals surface area contributed by atoms with Gasteiger partial charge in [0.1, 0.15) is 0 Å². The van der Waals surface area contributed by atoms with E-state index in [2.05, 4.69) is 10.1 Å². The first kappa shape index (κ1) is 12.6. The van der Waals surface area contributed by atoms with Crippen molar-refractivity contribution in [2.45, 2.75) is 19.8 Å². The van der Waals surface area contributed by atoms with Crippen molar-refractivity contribution < 1.29 is 9.90 Å². The molecule has 0 saturated carbocycles. The van der Waals surface area contributed by atoms with Crippen LogP contribution in [0, 0.1) is 0 Å². The van der Waals surface area contributed by atoms with E-state index in [9.17, 15) is 4.79 Å². The summed E-state index contributed by atoms with van der Waals surface area (Å²) in [6.45, 7) is 3.85. The third kappa shape index (κ3) is 2.09. The highest BCUT2D eigenvalue weighted by molar-refractivity contribution is 6.34. The van der Waals surface area contributed by atoms with Crippen molar-refractivity contribution in [2.75, 3.05) is 0 Å². The summed E-state index contributed by atoms with van der Waals surface area (Å²) in [5.74, 6) is -0.549. The number of hydrogen-bond donors (Lipinski definition) is 1. The first-order chi connectivity index (χ1) is 8.52. The molecule has 2 heterocycles. The van der Waals surface area contributed by atoms with Crippen LogP contribution < -0.4 is 0 Å². The van der Waals surface area contributed by atoms with Crippen molar-refractivity contribution >= 4 is 17.6 Å². The van der Waals surface area contributed by atoms with Crippen molar-refractivity contribution in [2.24, 2.45) is 0 Å². The van der Waals surface area contributed by atoms with Gasteiger partial charge in [0.2, 0.25) is 0 Å². The molecule has 94 valence electrons. The van der Waals surface area contributed by atoms with E-state index in [1.165, 1.54) is 4.68 Å². The van der Waals surface area contributed by atoms with Gasteiger partial charge in [-0.05, 0) is 18.1 Å². The number of carbonyl (C=O) groups is 1. The second-order valence-electron chi connectivity index (χ2n) is 4.11. The van der Waals surface area contributed by atoms with Crippen LogP contribution in [0.2, 0.25) is 5.02 Å². The standard InChI is InChI=1S/C12H12ClN3O2/c1-7(2)11-9(13)10(12(17)18)15-16(11)8-5-3-4-6-14-8/h3-7H,1-2H3,(H,17,18). The highest BCUT2D eigenvalue weighted by atomic mass is 35.5. The molecule has 0 aliphatic rings. The quantitative estimate of drug-likeness (QED) is 0.926. The smallest absolute Gasteiger partial charge is 0.358 e. The van der Waals surface area contributed by atoms with E-state index in [0.29, 0.717) is 11.5 Å². The molecule has 2 aromatic heterocycles. The number of pyridine rings is 1. The van der Waals surface area contributed by atoms with Crippen molar-refractivity contribution in [3.8, 4) is 5.82 Å². The number of nitrogens with zero attached hydrogens (tertiary/aromatic N) is 3. The molecule has 2 aromatic rings. The molecule has 0 saturated heterocycles. The molecule has 2 rings (SSSR count). The van der Waals surface area contributed by atoms with Crippen LogP contribution in [0.3, 0.4) is 0 Å². The fourth-order valence-corrected chi connectivity index (χ4v) is 2.12. The van der Waals surface area contributed by atoms with Gasteiger partial charge >= 0.3 is 5.97 Å². The van der Waals surface area contributed by atoms with E-state index < -0.39 is 5.97 Å². The molecular formula is C12H12ClN3O2. The number of rotatable bonds is 3. The van der Waals surface area contributed by atoms with E-state index in [1.54, 1.807) is 18.3 Å². The molecule has 0 bridgehead atoms. The minimum absolute atomic E-state index is 0.0418. The Kier molecular flexibility index (Phi) is 3.34. The van der Waals surface area contributed by atoms with E-state index in [-0.39, 0.29) is 16.6 Å².